The maximum atomic E-state index is 6.35. The van der Waals surface area contributed by atoms with Crippen molar-refractivity contribution < 1.29 is 0 Å². The van der Waals surface area contributed by atoms with E-state index >= 15 is 0 Å². The molecule has 1 heterocycles. The summed E-state index contributed by atoms with van der Waals surface area (Å²) < 4.78 is 1.13. The van der Waals surface area contributed by atoms with E-state index in [0.717, 1.165) is 23.4 Å². The monoisotopic (exact) mass is 351 g/mol. The van der Waals surface area contributed by atoms with Crippen LogP contribution >= 0.6 is 15.9 Å². The predicted octanol–water partition coefficient (Wildman–Crippen LogP) is 2.87. The van der Waals surface area contributed by atoms with E-state index in [0.29, 0.717) is 0 Å². The summed E-state index contributed by atoms with van der Waals surface area (Å²) in [7, 11) is 0. The largest absolute Gasteiger partial charge is 0.324 e. The molecule has 4 heteroatoms. The Labute approximate surface area is 136 Å². The van der Waals surface area contributed by atoms with Crippen LogP contribution in [-0.4, -0.2) is 49.1 Å². The van der Waals surface area contributed by atoms with Gasteiger partial charge in [0.15, 0.2) is 0 Å². The lowest BCUT2D eigenvalue weighted by Gasteiger charge is -2.35. The van der Waals surface area contributed by atoms with Crippen molar-refractivity contribution in [2.75, 3.05) is 39.3 Å². The van der Waals surface area contributed by atoms with Gasteiger partial charge in [-0.05, 0) is 36.8 Å². The second-order valence-electron chi connectivity index (χ2n) is 6.50. The fourth-order valence-electron chi connectivity index (χ4n) is 3.11. The van der Waals surface area contributed by atoms with Crippen LogP contribution in [0.3, 0.4) is 0 Å². The first-order valence-corrected chi connectivity index (χ1v) is 8.96. The van der Waals surface area contributed by atoms with Crippen molar-refractivity contribution in [3.8, 4) is 0 Å². The second kappa shape index (κ2) is 7.23. The first-order chi connectivity index (χ1) is 10.2. The highest BCUT2D eigenvalue weighted by Gasteiger charge is 2.26. The average molecular weight is 352 g/mol. The van der Waals surface area contributed by atoms with E-state index in [2.05, 4.69) is 43.9 Å². The van der Waals surface area contributed by atoms with Crippen molar-refractivity contribution in [2.45, 2.75) is 25.3 Å². The van der Waals surface area contributed by atoms with E-state index in [1.54, 1.807) is 0 Å². The Kier molecular flexibility index (Phi) is 5.33. The van der Waals surface area contributed by atoms with Crippen molar-refractivity contribution in [1.82, 2.24) is 9.80 Å². The average Bonchev–Trinajstić information content (AvgIpc) is 3.31. The molecule has 1 atom stereocenters. The van der Waals surface area contributed by atoms with Crippen LogP contribution in [0.25, 0.3) is 0 Å². The van der Waals surface area contributed by atoms with Gasteiger partial charge in [-0.1, -0.05) is 34.1 Å². The molecule has 0 radical (unpaired) electrons. The van der Waals surface area contributed by atoms with Crippen molar-refractivity contribution >= 4 is 15.9 Å². The van der Waals surface area contributed by atoms with Gasteiger partial charge in [0, 0.05) is 49.8 Å². The Bertz CT molecular complexity index is 453. The number of benzene rings is 1. The molecule has 21 heavy (non-hydrogen) atoms. The normalized spacial score (nSPS) is 22.4. The molecule has 3 nitrogen and oxygen atoms in total. The summed E-state index contributed by atoms with van der Waals surface area (Å²) in [5.41, 5.74) is 7.57. The van der Waals surface area contributed by atoms with Crippen LogP contribution in [0.2, 0.25) is 0 Å². The maximum Gasteiger partial charge on any atom is 0.0318 e. The zero-order valence-electron chi connectivity index (χ0n) is 12.7. The lowest BCUT2D eigenvalue weighted by molar-refractivity contribution is 0.126. The van der Waals surface area contributed by atoms with Crippen molar-refractivity contribution in [3.63, 3.8) is 0 Å². The topological polar surface area (TPSA) is 32.5 Å². The standard InChI is InChI=1S/C17H26BrN3/c18-16-4-2-1-3-15(16)17(19)7-8-20-9-11-21(12-10-20)13-14-5-6-14/h1-4,14,17H,5-13,19H2. The van der Waals surface area contributed by atoms with Crippen LogP contribution in [0.1, 0.15) is 30.9 Å². The first-order valence-electron chi connectivity index (χ1n) is 8.17. The SMILES string of the molecule is NC(CCN1CCN(CC2CC2)CC1)c1ccccc1Br. The highest BCUT2D eigenvalue weighted by molar-refractivity contribution is 9.10. The number of halogens is 1. The van der Waals surface area contributed by atoms with Crippen molar-refractivity contribution in [1.29, 1.82) is 0 Å². The highest BCUT2D eigenvalue weighted by atomic mass is 79.9. The smallest absolute Gasteiger partial charge is 0.0318 e. The van der Waals surface area contributed by atoms with Gasteiger partial charge in [-0.2, -0.15) is 0 Å². The van der Waals surface area contributed by atoms with E-state index in [-0.39, 0.29) is 6.04 Å². The Balaban J connectivity index is 1.40. The maximum absolute atomic E-state index is 6.35. The molecule has 0 aromatic heterocycles. The highest BCUT2D eigenvalue weighted by Crippen LogP contribution is 2.30. The van der Waals surface area contributed by atoms with Crippen LogP contribution in [0.15, 0.2) is 28.7 Å². The molecule has 1 aromatic rings. The molecule has 0 bridgehead atoms. The van der Waals surface area contributed by atoms with E-state index < -0.39 is 0 Å². The molecule has 1 aliphatic carbocycles. The molecule has 2 aliphatic rings. The molecule has 1 aliphatic heterocycles. The number of piperazine rings is 1. The molecule has 0 amide bonds. The molecule has 1 unspecified atom stereocenters. The lowest BCUT2D eigenvalue weighted by atomic mass is 10.0. The van der Waals surface area contributed by atoms with Crippen LogP contribution < -0.4 is 5.73 Å². The number of nitrogens with two attached hydrogens (primary N) is 1. The van der Waals surface area contributed by atoms with E-state index in [1.807, 2.05) is 6.07 Å². The second-order valence-corrected chi connectivity index (χ2v) is 7.36. The summed E-state index contributed by atoms with van der Waals surface area (Å²) in [6.07, 6.45) is 3.95. The minimum absolute atomic E-state index is 0.130. The molecule has 2 N–H and O–H groups in total. The Morgan fingerprint density at radius 3 is 2.43 bits per heavy atom. The number of rotatable bonds is 6. The molecule has 1 saturated heterocycles. The van der Waals surface area contributed by atoms with E-state index in [1.165, 1.54) is 51.1 Å². The van der Waals surface area contributed by atoms with E-state index in [4.69, 9.17) is 5.73 Å². The number of hydrogen-bond donors (Lipinski definition) is 1. The molecule has 3 rings (SSSR count). The fourth-order valence-corrected chi connectivity index (χ4v) is 3.69. The molecular formula is C17H26BrN3. The minimum Gasteiger partial charge on any atom is -0.324 e. The number of nitrogens with zero attached hydrogens (tertiary/aromatic N) is 2. The summed E-state index contributed by atoms with van der Waals surface area (Å²) in [6, 6.07) is 8.44. The van der Waals surface area contributed by atoms with Gasteiger partial charge in [0.2, 0.25) is 0 Å². The van der Waals surface area contributed by atoms with E-state index in [9.17, 15) is 0 Å². The third-order valence-electron chi connectivity index (χ3n) is 4.74. The van der Waals surface area contributed by atoms with Crippen LogP contribution in [0.4, 0.5) is 0 Å². The molecule has 1 saturated carbocycles. The van der Waals surface area contributed by atoms with Crippen LogP contribution in [0, 0.1) is 5.92 Å². The van der Waals surface area contributed by atoms with Gasteiger partial charge in [-0.15, -0.1) is 0 Å². The van der Waals surface area contributed by atoms with Crippen molar-refractivity contribution in [2.24, 2.45) is 11.7 Å². The molecular weight excluding hydrogens is 326 g/mol. The minimum atomic E-state index is 0.130. The Hall–Kier alpha value is -0.420. The van der Waals surface area contributed by atoms with Gasteiger partial charge >= 0.3 is 0 Å². The van der Waals surface area contributed by atoms with Gasteiger partial charge in [0.1, 0.15) is 0 Å². The number of hydrogen-bond acceptors (Lipinski definition) is 3. The molecule has 0 spiro atoms. The molecule has 2 fully saturated rings. The summed E-state index contributed by atoms with van der Waals surface area (Å²) in [5.74, 6) is 1.01. The van der Waals surface area contributed by atoms with Crippen LogP contribution in [0.5, 0.6) is 0 Å². The predicted molar refractivity (Wildman–Crippen MR) is 91.3 cm³/mol. The van der Waals surface area contributed by atoms with Gasteiger partial charge in [0.05, 0.1) is 0 Å². The zero-order valence-corrected chi connectivity index (χ0v) is 14.3. The summed E-state index contributed by atoms with van der Waals surface area (Å²) in [4.78, 5) is 5.21. The quantitative estimate of drug-likeness (QED) is 0.855. The Morgan fingerprint density at radius 2 is 1.76 bits per heavy atom. The Morgan fingerprint density at radius 1 is 1.10 bits per heavy atom. The van der Waals surface area contributed by atoms with Gasteiger partial charge < -0.3 is 15.5 Å². The summed E-state index contributed by atoms with van der Waals surface area (Å²) in [5, 5.41) is 0. The summed E-state index contributed by atoms with van der Waals surface area (Å²) >= 11 is 3.60. The van der Waals surface area contributed by atoms with Gasteiger partial charge in [-0.25, -0.2) is 0 Å². The van der Waals surface area contributed by atoms with Crippen molar-refractivity contribution in [3.05, 3.63) is 34.3 Å². The third-order valence-corrected chi connectivity index (χ3v) is 5.46. The first kappa shape index (κ1) is 15.5. The van der Waals surface area contributed by atoms with Gasteiger partial charge in [-0.3, -0.25) is 0 Å². The lowest BCUT2D eigenvalue weighted by Crippen LogP contribution is -2.47. The third kappa shape index (κ3) is 4.52. The summed E-state index contributed by atoms with van der Waals surface area (Å²) in [6.45, 7) is 7.33. The zero-order chi connectivity index (χ0) is 14.7. The van der Waals surface area contributed by atoms with Gasteiger partial charge in [0.25, 0.3) is 0 Å². The van der Waals surface area contributed by atoms with Crippen LogP contribution in [-0.2, 0) is 0 Å². The molecule has 1 aromatic carbocycles. The molecule has 116 valence electrons. The fraction of sp³-hybridized carbons (Fsp3) is 0.647.